The molecule has 2 atom stereocenters. The largest absolute Gasteiger partial charge is 1.00 e. The molecule has 0 radical (unpaired) electrons. The van der Waals surface area contributed by atoms with Gasteiger partial charge in [0.2, 0.25) is 0 Å². The summed E-state index contributed by atoms with van der Waals surface area (Å²) in [6.45, 7) is 3.86. The Morgan fingerprint density at radius 1 is 0.905 bits per heavy atom. The van der Waals surface area contributed by atoms with Crippen molar-refractivity contribution in [3.63, 3.8) is 0 Å². The first-order valence-corrected chi connectivity index (χ1v) is 9.47. The molecule has 0 rings (SSSR count). The number of rotatable bonds is 13. The Kier molecular flexibility index (Phi) is 17.8. The van der Waals surface area contributed by atoms with E-state index in [4.69, 9.17) is 5.11 Å². The van der Waals surface area contributed by atoms with E-state index in [-0.39, 0.29) is 57.5 Å². The predicted molar refractivity (Wildman–Crippen MR) is 81.6 cm³/mol. The van der Waals surface area contributed by atoms with Crippen LogP contribution in [0, 0.1) is 0 Å². The van der Waals surface area contributed by atoms with Gasteiger partial charge < -0.3 is 9.66 Å². The van der Waals surface area contributed by atoms with Gasteiger partial charge >= 0.3 is 51.4 Å². The minimum absolute atomic E-state index is 0. The molecule has 0 aromatic carbocycles. The van der Waals surface area contributed by atoms with Crippen LogP contribution in [0.3, 0.4) is 0 Å². The molecule has 1 N–H and O–H groups in total. The molecule has 0 aliphatic rings. The van der Waals surface area contributed by atoms with Gasteiger partial charge in [-0.05, 0) is 26.2 Å². The van der Waals surface area contributed by atoms with Crippen LogP contribution in [0.25, 0.3) is 0 Å². The zero-order valence-corrected chi connectivity index (χ0v) is 18.0. The summed E-state index contributed by atoms with van der Waals surface area (Å²) >= 11 is 0. The Labute approximate surface area is 173 Å². The zero-order valence-electron chi connectivity index (χ0n) is 14.0. The Bertz CT molecular complexity index is 318. The van der Waals surface area contributed by atoms with Crippen molar-refractivity contribution >= 4 is 10.1 Å². The second-order valence-corrected chi connectivity index (χ2v) is 7.46. The molecule has 0 aliphatic carbocycles. The first-order chi connectivity index (χ1) is 9.38. The number of hydrogen-bond acceptors (Lipinski definition) is 4. The van der Waals surface area contributed by atoms with E-state index in [2.05, 4.69) is 6.92 Å². The van der Waals surface area contributed by atoms with Gasteiger partial charge in [0.1, 0.15) is 0 Å². The van der Waals surface area contributed by atoms with E-state index in [0.717, 1.165) is 57.8 Å². The van der Waals surface area contributed by atoms with Crippen LogP contribution in [0.15, 0.2) is 0 Å². The topological polar surface area (TPSA) is 77.4 Å². The van der Waals surface area contributed by atoms with Crippen LogP contribution >= 0.6 is 0 Å². The fourth-order valence-electron chi connectivity index (χ4n) is 2.40. The van der Waals surface area contributed by atoms with Crippen LogP contribution in [0.4, 0.5) is 0 Å². The van der Waals surface area contributed by atoms with Crippen LogP contribution in [0.2, 0.25) is 0 Å². The van der Waals surface area contributed by atoms with Crippen LogP contribution in [0.5, 0.6) is 0 Å². The zero-order chi connectivity index (χ0) is 15.4. The Hall–Kier alpha value is 1.51. The fourth-order valence-corrected chi connectivity index (χ4v) is 3.31. The molecule has 21 heavy (non-hydrogen) atoms. The molecule has 0 aliphatic heterocycles. The maximum atomic E-state index is 11.2. The normalized spacial score (nSPS) is 14.5. The average molecular weight is 347 g/mol. The van der Waals surface area contributed by atoms with Crippen LogP contribution < -0.4 is 51.4 Å². The van der Waals surface area contributed by atoms with Gasteiger partial charge in [0.15, 0.2) is 0 Å². The van der Waals surface area contributed by atoms with E-state index in [1.54, 1.807) is 6.92 Å². The molecule has 0 heterocycles. The molecule has 2 unspecified atom stereocenters. The van der Waals surface area contributed by atoms with Gasteiger partial charge in [-0.1, -0.05) is 58.3 Å². The first-order valence-electron chi connectivity index (χ1n) is 8.00. The van der Waals surface area contributed by atoms with E-state index in [0.29, 0.717) is 12.8 Å². The fraction of sp³-hybridized carbons (Fsp3) is 1.00. The molecule has 0 saturated carbocycles. The molecule has 0 fully saturated rings. The third-order valence-corrected chi connectivity index (χ3v) is 4.97. The molecule has 6 heteroatoms. The van der Waals surface area contributed by atoms with Crippen molar-refractivity contribution in [3.05, 3.63) is 0 Å². The van der Waals surface area contributed by atoms with E-state index in [9.17, 15) is 13.0 Å². The van der Waals surface area contributed by atoms with Crippen molar-refractivity contribution in [1.29, 1.82) is 0 Å². The molecule has 0 amide bonds. The maximum absolute atomic E-state index is 11.2. The van der Waals surface area contributed by atoms with Gasteiger partial charge in [-0.25, -0.2) is 8.42 Å². The van der Waals surface area contributed by atoms with Crippen LogP contribution in [-0.2, 0) is 10.1 Å². The molecule has 0 aromatic heterocycles. The van der Waals surface area contributed by atoms with Gasteiger partial charge in [-0.2, -0.15) is 0 Å². The summed E-state index contributed by atoms with van der Waals surface area (Å²) in [5, 5.41) is 8.43. The van der Waals surface area contributed by atoms with E-state index >= 15 is 0 Å². The molecule has 122 valence electrons. The Balaban J connectivity index is 0. The minimum atomic E-state index is -4.14. The quantitative estimate of drug-likeness (QED) is 0.301. The number of hydrogen-bond donors (Lipinski definition) is 1. The van der Waals surface area contributed by atoms with Crippen molar-refractivity contribution in [2.75, 3.05) is 0 Å². The predicted octanol–water partition coefficient (Wildman–Crippen LogP) is 0.596. The SMILES string of the molecule is CCCCCC(CCCCCCCC(C)O)S(=O)(=O)[O-].[K+]. The average Bonchev–Trinajstić information content (AvgIpc) is 2.33. The first kappa shape index (κ1) is 24.8. The third-order valence-electron chi connectivity index (χ3n) is 3.69. The van der Waals surface area contributed by atoms with Gasteiger partial charge in [0.25, 0.3) is 0 Å². The molecule has 4 nitrogen and oxygen atoms in total. The number of aliphatic hydroxyl groups excluding tert-OH is 1. The Morgan fingerprint density at radius 3 is 1.76 bits per heavy atom. The number of aliphatic hydroxyl groups is 1. The summed E-state index contributed by atoms with van der Waals surface area (Å²) < 4.78 is 33.6. The van der Waals surface area contributed by atoms with Crippen molar-refractivity contribution in [1.82, 2.24) is 0 Å². The Morgan fingerprint density at radius 2 is 1.33 bits per heavy atom. The molecule has 0 aromatic rings. The van der Waals surface area contributed by atoms with Crippen molar-refractivity contribution in [2.45, 2.75) is 95.8 Å². The molecule has 0 spiro atoms. The van der Waals surface area contributed by atoms with Crippen molar-refractivity contribution in [3.8, 4) is 0 Å². The second kappa shape index (κ2) is 15.1. The summed E-state index contributed by atoms with van der Waals surface area (Å²) in [7, 11) is -4.14. The monoisotopic (exact) mass is 346 g/mol. The summed E-state index contributed by atoms with van der Waals surface area (Å²) in [4.78, 5) is 0. The molecular formula is C15H31KO4S. The smallest absolute Gasteiger partial charge is 0.748 e. The standard InChI is InChI=1S/C15H32O4S.K/c1-3-4-8-12-15(20(17,18)19)13-10-7-5-6-9-11-14(2)16;/h14-16H,3-13H2,1-2H3,(H,17,18,19);/q;+1/p-1. The van der Waals surface area contributed by atoms with Crippen LogP contribution in [0.1, 0.15) is 84.5 Å². The second-order valence-electron chi connectivity index (χ2n) is 5.80. The van der Waals surface area contributed by atoms with Crippen LogP contribution in [-0.4, -0.2) is 29.4 Å². The molecular weight excluding hydrogens is 315 g/mol. The molecule has 0 bridgehead atoms. The van der Waals surface area contributed by atoms with Crippen molar-refractivity contribution < 1.29 is 69.5 Å². The maximum Gasteiger partial charge on any atom is 1.00 e. The van der Waals surface area contributed by atoms with E-state index in [1.807, 2.05) is 0 Å². The van der Waals surface area contributed by atoms with Gasteiger partial charge in [-0.15, -0.1) is 0 Å². The van der Waals surface area contributed by atoms with E-state index < -0.39 is 15.4 Å². The molecule has 0 saturated heterocycles. The summed E-state index contributed by atoms with van der Waals surface area (Å²) in [5.41, 5.74) is 0. The van der Waals surface area contributed by atoms with Gasteiger partial charge in [-0.3, -0.25) is 0 Å². The third kappa shape index (κ3) is 16.2. The summed E-state index contributed by atoms with van der Waals surface area (Å²) in [6.07, 6.45) is 9.38. The van der Waals surface area contributed by atoms with E-state index in [1.165, 1.54) is 0 Å². The minimum Gasteiger partial charge on any atom is -0.748 e. The van der Waals surface area contributed by atoms with Gasteiger partial charge in [0.05, 0.1) is 16.2 Å². The van der Waals surface area contributed by atoms with Crippen molar-refractivity contribution in [2.24, 2.45) is 0 Å². The summed E-state index contributed by atoms with van der Waals surface area (Å²) in [6, 6.07) is 0. The van der Waals surface area contributed by atoms with Gasteiger partial charge in [0, 0.05) is 5.25 Å². The summed E-state index contributed by atoms with van der Waals surface area (Å²) in [5.74, 6) is 0. The number of unbranched alkanes of at least 4 members (excludes halogenated alkanes) is 6.